The van der Waals surface area contributed by atoms with Crippen molar-refractivity contribution in [3.8, 4) is 0 Å². The van der Waals surface area contributed by atoms with Gasteiger partial charge in [-0.25, -0.2) is 0 Å². The highest BCUT2D eigenvalue weighted by Gasteiger charge is 2.79. The lowest BCUT2D eigenvalue weighted by molar-refractivity contribution is -0.161. The summed E-state index contributed by atoms with van der Waals surface area (Å²) in [6.07, 6.45) is 2.13. The predicted octanol–water partition coefficient (Wildman–Crippen LogP) is 3.89. The van der Waals surface area contributed by atoms with E-state index in [0.717, 1.165) is 18.4 Å². The minimum absolute atomic E-state index is 0.0644. The van der Waals surface area contributed by atoms with E-state index in [2.05, 4.69) is 42.0 Å². The Morgan fingerprint density at radius 1 is 1.25 bits per heavy atom. The molecule has 1 aromatic rings. The third kappa shape index (κ3) is 1.47. The number of alkyl halides is 1. The molecule has 1 aromatic carbocycles. The molecule has 0 aromatic heterocycles. The van der Waals surface area contributed by atoms with Crippen LogP contribution in [0.15, 0.2) is 30.3 Å². The summed E-state index contributed by atoms with van der Waals surface area (Å²) < 4.78 is 0. The van der Waals surface area contributed by atoms with Crippen molar-refractivity contribution in [2.75, 3.05) is 0 Å². The number of amides is 1. The molecule has 2 nitrogen and oxygen atoms in total. The highest BCUT2D eigenvalue weighted by Crippen LogP contribution is 2.79. The molecule has 4 rings (SSSR count). The van der Waals surface area contributed by atoms with E-state index in [4.69, 9.17) is 0 Å². The highest BCUT2D eigenvalue weighted by atomic mass is 79.9. The van der Waals surface area contributed by atoms with E-state index in [0.29, 0.717) is 11.4 Å². The van der Waals surface area contributed by atoms with E-state index in [9.17, 15) is 4.79 Å². The van der Waals surface area contributed by atoms with Crippen molar-refractivity contribution in [1.82, 2.24) is 5.32 Å². The zero-order chi connectivity index (χ0) is 14.6. The van der Waals surface area contributed by atoms with Crippen LogP contribution >= 0.6 is 15.9 Å². The summed E-state index contributed by atoms with van der Waals surface area (Å²) >= 11 is 3.81. The first-order chi connectivity index (χ1) is 9.36. The van der Waals surface area contributed by atoms with Gasteiger partial charge in [-0.3, -0.25) is 4.79 Å². The van der Waals surface area contributed by atoms with Gasteiger partial charge in [0.15, 0.2) is 0 Å². The van der Waals surface area contributed by atoms with Crippen molar-refractivity contribution in [2.24, 2.45) is 16.2 Å². The Bertz CT molecular complexity index is 541. The Hall–Kier alpha value is -0.830. The zero-order valence-corrected chi connectivity index (χ0v) is 14.0. The van der Waals surface area contributed by atoms with Crippen LogP contribution in [0, 0.1) is 16.2 Å². The van der Waals surface area contributed by atoms with Gasteiger partial charge in [-0.15, -0.1) is 0 Å². The van der Waals surface area contributed by atoms with Gasteiger partial charge in [0.05, 0.1) is 5.41 Å². The van der Waals surface area contributed by atoms with Crippen LogP contribution in [-0.2, 0) is 11.3 Å². The molecule has 108 valence electrons. The fourth-order valence-corrected chi connectivity index (χ4v) is 6.20. The summed E-state index contributed by atoms with van der Waals surface area (Å²) in [5, 5.41) is 3.15. The lowest BCUT2D eigenvalue weighted by atomic mass is 9.43. The van der Waals surface area contributed by atoms with Crippen molar-refractivity contribution in [3.63, 3.8) is 0 Å². The van der Waals surface area contributed by atoms with Crippen LogP contribution in [-0.4, -0.2) is 10.7 Å². The number of rotatable bonds is 3. The van der Waals surface area contributed by atoms with E-state index in [1.54, 1.807) is 0 Å². The number of hydrogen-bond acceptors (Lipinski definition) is 1. The molecule has 3 saturated carbocycles. The molecule has 3 fully saturated rings. The van der Waals surface area contributed by atoms with Gasteiger partial charge in [0, 0.05) is 11.4 Å². The lowest BCUT2D eigenvalue weighted by Crippen LogP contribution is -2.69. The summed E-state index contributed by atoms with van der Waals surface area (Å²) in [5.74, 6) is 0.211. The van der Waals surface area contributed by atoms with Gasteiger partial charge in [-0.2, -0.15) is 0 Å². The summed E-state index contributed by atoms with van der Waals surface area (Å²) in [7, 11) is 0. The Morgan fingerprint density at radius 3 is 2.40 bits per heavy atom. The molecule has 0 radical (unpaired) electrons. The fraction of sp³-hybridized carbons (Fsp3) is 0.588. The Balaban J connectivity index is 1.75. The molecule has 1 amide bonds. The van der Waals surface area contributed by atoms with Crippen LogP contribution in [0.25, 0.3) is 0 Å². The number of nitrogens with one attached hydrogen (secondary N) is 1. The first kappa shape index (κ1) is 14.1. The van der Waals surface area contributed by atoms with Crippen LogP contribution < -0.4 is 5.32 Å². The largest absolute Gasteiger partial charge is 0.351 e. The second kappa shape index (κ2) is 4.33. The van der Waals surface area contributed by atoms with Crippen molar-refractivity contribution in [1.29, 1.82) is 0 Å². The molecule has 3 atom stereocenters. The Morgan fingerprint density at radius 2 is 1.90 bits per heavy atom. The SMILES string of the molecule is CC1(C)[C@]2(C)CC[C@@]1(C(=O)NCc1ccccc1)[C@@H]2Br. The van der Waals surface area contributed by atoms with Gasteiger partial charge in [0.25, 0.3) is 0 Å². The lowest BCUT2D eigenvalue weighted by Gasteiger charge is -2.64. The van der Waals surface area contributed by atoms with Crippen LogP contribution in [0.2, 0.25) is 0 Å². The maximum absolute atomic E-state index is 12.8. The van der Waals surface area contributed by atoms with E-state index in [1.807, 2.05) is 30.3 Å². The van der Waals surface area contributed by atoms with Gasteiger partial charge in [0.2, 0.25) is 5.91 Å². The van der Waals surface area contributed by atoms with E-state index in [-0.39, 0.29) is 22.2 Å². The highest BCUT2D eigenvalue weighted by molar-refractivity contribution is 9.09. The van der Waals surface area contributed by atoms with E-state index in [1.165, 1.54) is 0 Å². The summed E-state index contributed by atoms with van der Waals surface area (Å²) in [4.78, 5) is 13.1. The minimum atomic E-state index is -0.240. The van der Waals surface area contributed by atoms with Crippen molar-refractivity contribution < 1.29 is 4.79 Å². The summed E-state index contributed by atoms with van der Waals surface area (Å²) in [6, 6.07) is 10.1. The second-order valence-electron chi connectivity index (χ2n) is 7.04. The maximum Gasteiger partial charge on any atom is 0.228 e. The first-order valence-corrected chi connectivity index (χ1v) is 8.24. The number of carbonyl (C=O) groups excluding carboxylic acids is 1. The Labute approximate surface area is 129 Å². The molecule has 0 aliphatic heterocycles. The van der Waals surface area contributed by atoms with Gasteiger partial charge < -0.3 is 5.32 Å². The molecule has 2 bridgehead atoms. The van der Waals surface area contributed by atoms with Crippen LogP contribution in [0.4, 0.5) is 0 Å². The number of fused-ring (bicyclic) bond motifs is 1. The summed E-state index contributed by atoms with van der Waals surface area (Å²) in [5.41, 5.74) is 1.23. The maximum atomic E-state index is 12.8. The topological polar surface area (TPSA) is 29.1 Å². The quantitative estimate of drug-likeness (QED) is 0.834. The number of carbonyl (C=O) groups is 1. The Kier molecular flexibility index (Phi) is 3.06. The molecule has 0 heterocycles. The molecule has 0 unspecified atom stereocenters. The second-order valence-corrected chi connectivity index (χ2v) is 7.96. The molecular formula is C17H22BrNO. The molecule has 3 aliphatic rings. The molecule has 3 aliphatic carbocycles. The molecule has 20 heavy (non-hydrogen) atoms. The first-order valence-electron chi connectivity index (χ1n) is 7.32. The number of benzene rings is 1. The fourth-order valence-electron chi connectivity index (χ4n) is 4.39. The van der Waals surface area contributed by atoms with Crippen molar-refractivity contribution in [3.05, 3.63) is 35.9 Å². The van der Waals surface area contributed by atoms with E-state index < -0.39 is 0 Å². The van der Waals surface area contributed by atoms with Crippen LogP contribution in [0.1, 0.15) is 39.2 Å². The smallest absolute Gasteiger partial charge is 0.228 e. The monoisotopic (exact) mass is 335 g/mol. The van der Waals surface area contributed by atoms with Gasteiger partial charge >= 0.3 is 0 Å². The number of halogens is 1. The molecular weight excluding hydrogens is 314 g/mol. The standard InChI is InChI=1S/C17H22BrNO/c1-15(2)16(3)9-10-17(15,13(16)18)14(20)19-11-12-7-5-4-6-8-12/h4-8,13H,9-11H2,1-3H3,(H,19,20)/t13-,16-,17+/m1/s1. The molecule has 3 heteroatoms. The molecule has 0 spiro atoms. The minimum Gasteiger partial charge on any atom is -0.351 e. The zero-order valence-electron chi connectivity index (χ0n) is 12.4. The molecule has 1 N–H and O–H groups in total. The van der Waals surface area contributed by atoms with Crippen LogP contribution in [0.5, 0.6) is 0 Å². The van der Waals surface area contributed by atoms with Crippen LogP contribution in [0.3, 0.4) is 0 Å². The average molecular weight is 336 g/mol. The third-order valence-corrected chi connectivity index (χ3v) is 8.07. The number of hydrogen-bond donors (Lipinski definition) is 1. The normalized spacial score (nSPS) is 37.3. The molecule has 0 saturated heterocycles. The van der Waals surface area contributed by atoms with Gasteiger partial charge in [0.1, 0.15) is 0 Å². The van der Waals surface area contributed by atoms with Crippen molar-refractivity contribution >= 4 is 21.8 Å². The van der Waals surface area contributed by atoms with Crippen molar-refractivity contribution in [2.45, 2.75) is 45.0 Å². The van der Waals surface area contributed by atoms with E-state index >= 15 is 0 Å². The predicted molar refractivity (Wildman–Crippen MR) is 84.6 cm³/mol. The average Bonchev–Trinajstić information content (AvgIpc) is 2.85. The third-order valence-electron chi connectivity index (χ3n) is 6.27. The summed E-state index contributed by atoms with van der Waals surface area (Å²) in [6.45, 7) is 7.43. The van der Waals surface area contributed by atoms with Gasteiger partial charge in [-0.05, 0) is 29.2 Å². The van der Waals surface area contributed by atoms with Gasteiger partial charge in [-0.1, -0.05) is 67.0 Å².